The maximum absolute atomic E-state index is 5.89. The molecule has 2 aliphatic rings. The Labute approximate surface area is 277 Å². The van der Waals surface area contributed by atoms with Crippen LogP contribution in [-0.4, -0.2) is 34.0 Å². The zero-order chi connectivity index (χ0) is 34.6. The van der Waals surface area contributed by atoms with E-state index in [1.165, 1.54) is 44.9 Å². The zero-order valence-corrected chi connectivity index (χ0v) is 32.2. The van der Waals surface area contributed by atoms with Crippen LogP contribution in [0.3, 0.4) is 0 Å². The lowest BCUT2D eigenvalue weighted by Crippen LogP contribution is -2.48. The fraction of sp³-hybridized carbons (Fsp3) is 1.00. The second-order valence-corrected chi connectivity index (χ2v) is 18.5. The summed E-state index contributed by atoms with van der Waals surface area (Å²) in [6, 6.07) is 0. The van der Waals surface area contributed by atoms with Gasteiger partial charge in [-0.05, 0) is 114 Å². The Kier molecular flexibility index (Phi) is 17.0. The van der Waals surface area contributed by atoms with Gasteiger partial charge >= 0.3 is 0 Å². The van der Waals surface area contributed by atoms with Crippen molar-refractivity contribution in [2.24, 2.45) is 11.3 Å². The summed E-state index contributed by atoms with van der Waals surface area (Å²) in [4.78, 5) is 45.8. The molecule has 0 spiro atoms. The minimum atomic E-state index is -0.846. The van der Waals surface area contributed by atoms with E-state index in [-0.39, 0.29) is 27.8 Å². The highest BCUT2D eigenvalue weighted by atomic mass is 17.3. The van der Waals surface area contributed by atoms with E-state index in [0.29, 0.717) is 5.92 Å². The van der Waals surface area contributed by atoms with Crippen molar-refractivity contribution in [3.05, 3.63) is 0 Å². The van der Waals surface area contributed by atoms with Gasteiger partial charge in [-0.25, -0.2) is 19.6 Å². The molecule has 0 amide bonds. The first kappa shape index (κ1) is 42.7. The highest BCUT2D eigenvalue weighted by Crippen LogP contribution is 2.47. The average molecular weight is 647 g/mol. The minimum absolute atomic E-state index is 0.125. The van der Waals surface area contributed by atoms with Gasteiger partial charge in [-0.15, -0.1) is 0 Å². The lowest BCUT2D eigenvalue weighted by atomic mass is 9.70. The summed E-state index contributed by atoms with van der Waals surface area (Å²) in [5, 5.41) is 0. The molecule has 0 radical (unpaired) electrons. The molecule has 1 unspecified atom stereocenters. The molecule has 2 fully saturated rings. The molecule has 0 aromatic rings. The molecule has 0 N–H and O–H groups in total. The van der Waals surface area contributed by atoms with Gasteiger partial charge in [-0.3, -0.25) is 0 Å². The van der Waals surface area contributed by atoms with Gasteiger partial charge in [-0.2, -0.15) is 19.6 Å². The van der Waals surface area contributed by atoms with Crippen LogP contribution in [0.25, 0.3) is 0 Å². The summed E-state index contributed by atoms with van der Waals surface area (Å²) < 4.78 is 0. The van der Waals surface area contributed by atoms with E-state index in [1.54, 1.807) is 0 Å². The van der Waals surface area contributed by atoms with Gasteiger partial charge in [-0.1, -0.05) is 65.7 Å². The Morgan fingerprint density at radius 1 is 0.422 bits per heavy atom. The summed E-state index contributed by atoms with van der Waals surface area (Å²) in [5.41, 5.74) is -1.39. The molecule has 0 bridgehead atoms. The third kappa shape index (κ3) is 21.3. The van der Waals surface area contributed by atoms with Gasteiger partial charge in [0.15, 0.2) is 0 Å². The molecule has 8 heteroatoms. The number of hydrogen-bond acceptors (Lipinski definition) is 8. The van der Waals surface area contributed by atoms with E-state index in [9.17, 15) is 0 Å². The minimum Gasteiger partial charge on any atom is -0.228 e. The smallest absolute Gasteiger partial charge is 0.228 e. The van der Waals surface area contributed by atoms with Crippen LogP contribution in [0.1, 0.15) is 194 Å². The third-order valence-corrected chi connectivity index (χ3v) is 7.20. The second-order valence-electron chi connectivity index (χ2n) is 18.5. The van der Waals surface area contributed by atoms with Crippen LogP contribution < -0.4 is 0 Å². The van der Waals surface area contributed by atoms with Crippen molar-refractivity contribution in [3.8, 4) is 0 Å². The molecule has 2 saturated carbocycles. The quantitative estimate of drug-likeness (QED) is 0.146. The van der Waals surface area contributed by atoms with Crippen molar-refractivity contribution in [3.63, 3.8) is 0 Å². The molecule has 0 aliphatic heterocycles. The number of rotatable bonds is 8. The van der Waals surface area contributed by atoms with Crippen molar-refractivity contribution >= 4 is 0 Å². The lowest BCUT2D eigenvalue weighted by Gasteiger charge is -2.46. The average Bonchev–Trinajstić information content (AvgIpc) is 2.83. The summed E-state index contributed by atoms with van der Waals surface area (Å²) in [6.45, 7) is 30.4. The van der Waals surface area contributed by atoms with E-state index in [1.807, 2.05) is 83.1 Å². The molecular weight excluding hydrogens is 572 g/mol. The Morgan fingerprint density at radius 3 is 1.00 bits per heavy atom. The monoisotopic (exact) mass is 647 g/mol. The molecule has 0 saturated heterocycles. The molecule has 2 aliphatic carbocycles. The summed E-state index contributed by atoms with van der Waals surface area (Å²) in [7, 11) is 0. The van der Waals surface area contributed by atoms with Crippen molar-refractivity contribution in [1.29, 1.82) is 0 Å². The van der Waals surface area contributed by atoms with Gasteiger partial charge in [0.1, 0.15) is 0 Å². The maximum Gasteiger partial charge on any atom is 0.234 e. The van der Waals surface area contributed by atoms with E-state index in [0.717, 1.165) is 44.9 Å². The molecule has 45 heavy (non-hydrogen) atoms. The topological polar surface area (TPSA) is 73.8 Å². The van der Waals surface area contributed by atoms with Crippen molar-refractivity contribution in [2.75, 3.05) is 0 Å². The second kappa shape index (κ2) is 17.9. The molecular formula is C37H74O8. The Bertz CT molecular complexity index is 747. The molecule has 1 atom stereocenters. The Morgan fingerprint density at radius 2 is 0.711 bits per heavy atom. The van der Waals surface area contributed by atoms with E-state index in [2.05, 4.69) is 20.8 Å². The van der Waals surface area contributed by atoms with Crippen LogP contribution in [0.2, 0.25) is 0 Å². The van der Waals surface area contributed by atoms with Crippen LogP contribution in [0.4, 0.5) is 0 Å². The Balaban J connectivity index is 0.000000454. The highest BCUT2D eigenvalue weighted by Gasteiger charge is 2.48. The fourth-order valence-electron chi connectivity index (χ4n) is 5.70. The predicted octanol–water partition coefficient (Wildman–Crippen LogP) is 11.5. The van der Waals surface area contributed by atoms with E-state index in [4.69, 9.17) is 39.1 Å². The molecule has 0 heterocycles. The first-order valence-electron chi connectivity index (χ1n) is 17.8. The largest absolute Gasteiger partial charge is 0.234 e. The molecule has 0 aromatic heterocycles. The van der Waals surface area contributed by atoms with Gasteiger partial charge in [0.2, 0.25) is 11.6 Å². The Hall–Kier alpha value is -0.320. The molecule has 2 rings (SSSR count). The zero-order valence-electron chi connectivity index (χ0n) is 32.2. The molecule has 0 aromatic carbocycles. The van der Waals surface area contributed by atoms with Gasteiger partial charge in [0.25, 0.3) is 0 Å². The molecule has 270 valence electrons. The summed E-state index contributed by atoms with van der Waals surface area (Å²) in [5.74, 6) is -1.16. The summed E-state index contributed by atoms with van der Waals surface area (Å²) >= 11 is 0. The summed E-state index contributed by atoms with van der Waals surface area (Å²) in [6.07, 6.45) is 15.5. The highest BCUT2D eigenvalue weighted by molar-refractivity contribution is 4.88. The van der Waals surface area contributed by atoms with Gasteiger partial charge in [0.05, 0.1) is 22.4 Å². The molecule has 8 nitrogen and oxygen atoms in total. The van der Waals surface area contributed by atoms with Crippen LogP contribution in [0.5, 0.6) is 0 Å². The van der Waals surface area contributed by atoms with Crippen LogP contribution in [0, 0.1) is 11.3 Å². The van der Waals surface area contributed by atoms with Gasteiger partial charge < -0.3 is 0 Å². The van der Waals surface area contributed by atoms with Crippen LogP contribution in [0.15, 0.2) is 0 Å². The number of hydrogen-bond donors (Lipinski definition) is 0. The first-order valence-corrected chi connectivity index (χ1v) is 17.8. The fourth-order valence-corrected chi connectivity index (χ4v) is 5.70. The van der Waals surface area contributed by atoms with Crippen molar-refractivity contribution < 1.29 is 39.1 Å². The first-order chi connectivity index (χ1) is 20.3. The third-order valence-electron chi connectivity index (χ3n) is 7.20. The van der Waals surface area contributed by atoms with Crippen LogP contribution >= 0.6 is 0 Å². The van der Waals surface area contributed by atoms with E-state index >= 15 is 0 Å². The maximum atomic E-state index is 5.89. The van der Waals surface area contributed by atoms with Gasteiger partial charge in [0, 0.05) is 25.7 Å². The SMILES string of the molecule is CC(C)(C)OOC1(OOC(C)(C)C)CCCCCCCCCCC1.CC1CC(C)(C)CC(OOC(C)(C)C)(OOC(C)(C)C)C1. The van der Waals surface area contributed by atoms with Crippen LogP contribution in [-0.2, 0) is 39.1 Å². The predicted molar refractivity (Wildman–Crippen MR) is 181 cm³/mol. The van der Waals surface area contributed by atoms with Crippen molar-refractivity contribution in [1.82, 2.24) is 0 Å². The van der Waals surface area contributed by atoms with Crippen molar-refractivity contribution in [2.45, 2.75) is 228 Å². The lowest BCUT2D eigenvalue weighted by molar-refractivity contribution is -0.551. The standard InChI is InChI=1S/C20H40O4.C17H34O4/c1-18(2,3)21-23-20(24-22-19(4,5)6)16-14-12-10-8-7-9-11-13-15-17-20;1-13-10-16(8,9)12-17(11-13,20-18-14(2,3)4)21-19-15(5,6)7/h7-17H2,1-6H3;13H,10-12H2,1-9H3. The normalized spacial score (nSPS) is 23.7. The van der Waals surface area contributed by atoms with E-state index < -0.39 is 11.6 Å².